The van der Waals surface area contributed by atoms with Gasteiger partial charge in [0.2, 0.25) is 11.8 Å². The summed E-state index contributed by atoms with van der Waals surface area (Å²) in [5, 5.41) is 8.17. The molecule has 1 rings (SSSR count). The summed E-state index contributed by atoms with van der Waals surface area (Å²) in [5.74, 6) is 1.31. The van der Waals surface area contributed by atoms with E-state index in [2.05, 4.69) is 35.9 Å². The number of hydrogen-bond donors (Lipinski definition) is 0. The first-order valence-electron chi connectivity index (χ1n) is 20.8. The van der Waals surface area contributed by atoms with Gasteiger partial charge in [0.1, 0.15) is 6.10 Å². The normalized spacial score (nSPS) is 12.1. The van der Waals surface area contributed by atoms with Crippen LogP contribution in [-0.2, 0) is 25.5 Å². The minimum Gasteiger partial charge on any atom is -0.466 e. The molecule has 1 atom stereocenters. The van der Waals surface area contributed by atoms with E-state index in [4.69, 9.17) is 13.9 Å². The van der Waals surface area contributed by atoms with Crippen molar-refractivity contribution in [3.63, 3.8) is 0 Å². The van der Waals surface area contributed by atoms with Gasteiger partial charge in [-0.3, -0.25) is 9.59 Å². The third-order valence-electron chi connectivity index (χ3n) is 9.49. The van der Waals surface area contributed by atoms with E-state index in [0.29, 0.717) is 31.2 Å². The maximum atomic E-state index is 12.6. The van der Waals surface area contributed by atoms with Crippen LogP contribution in [0.4, 0.5) is 0 Å². The Balaban J connectivity index is 2.22. The number of unbranched alkanes of at least 4 members (excludes halogenated alkanes) is 18. The molecule has 0 radical (unpaired) electrons. The molecule has 1 aromatic rings. The van der Waals surface area contributed by atoms with Crippen molar-refractivity contribution in [3.8, 4) is 0 Å². The molecule has 0 bridgehead atoms. The maximum absolute atomic E-state index is 12.6. The van der Waals surface area contributed by atoms with Crippen LogP contribution in [0, 0.1) is 6.92 Å². The van der Waals surface area contributed by atoms with E-state index in [0.717, 1.165) is 110 Å². The number of carbonyl (C=O) groups is 2. The van der Waals surface area contributed by atoms with Crippen LogP contribution in [-0.4, -0.2) is 59.4 Å². The predicted octanol–water partition coefficient (Wildman–Crippen LogP) is 11.3. The molecule has 0 spiro atoms. The number of aromatic nitrogens is 2. The van der Waals surface area contributed by atoms with E-state index in [1.165, 1.54) is 77.0 Å². The largest absolute Gasteiger partial charge is 0.466 e. The predicted molar refractivity (Wildman–Crippen MR) is 202 cm³/mol. The molecule has 1 heterocycles. The Labute approximate surface area is 301 Å². The molecule has 286 valence electrons. The molecule has 0 aliphatic rings. The number of hydrogen-bond acceptors (Lipinski definition) is 8. The van der Waals surface area contributed by atoms with Crippen LogP contribution in [0.2, 0.25) is 0 Å². The van der Waals surface area contributed by atoms with Gasteiger partial charge < -0.3 is 18.8 Å². The van der Waals surface area contributed by atoms with Crippen molar-refractivity contribution in [1.82, 2.24) is 15.1 Å². The number of aryl methyl sites for hydroxylation is 1. The molecule has 8 nitrogen and oxygen atoms in total. The molecule has 8 heteroatoms. The average molecular weight is 692 g/mol. The van der Waals surface area contributed by atoms with Gasteiger partial charge in [0.25, 0.3) is 0 Å². The zero-order chi connectivity index (χ0) is 35.6. The first-order chi connectivity index (χ1) is 24.0. The second kappa shape index (κ2) is 33.2. The fourth-order valence-electron chi connectivity index (χ4n) is 6.37. The molecule has 49 heavy (non-hydrogen) atoms. The summed E-state index contributed by atoms with van der Waals surface area (Å²) in [6, 6.07) is 0. The lowest BCUT2D eigenvalue weighted by atomic mass is 10.0. The lowest BCUT2D eigenvalue weighted by molar-refractivity contribution is -0.150. The minimum absolute atomic E-state index is 0.00265. The summed E-state index contributed by atoms with van der Waals surface area (Å²) >= 11 is 0. The highest BCUT2D eigenvalue weighted by Gasteiger charge is 2.14. The second-order valence-corrected chi connectivity index (χ2v) is 14.3. The van der Waals surface area contributed by atoms with Crippen LogP contribution in [0.25, 0.3) is 0 Å². The first kappa shape index (κ1) is 45.1. The smallest absolute Gasteiger partial charge is 0.306 e. The summed E-state index contributed by atoms with van der Waals surface area (Å²) in [4.78, 5) is 27.1. The van der Waals surface area contributed by atoms with Crippen LogP contribution in [0.5, 0.6) is 0 Å². The van der Waals surface area contributed by atoms with Crippen LogP contribution in [0.3, 0.4) is 0 Å². The van der Waals surface area contributed by atoms with Crippen molar-refractivity contribution < 1.29 is 23.5 Å². The molecule has 1 aromatic heterocycles. The molecular formula is C41H77N3O5. The molecule has 0 aromatic carbocycles. The molecular weight excluding hydrogens is 614 g/mol. The molecule has 0 saturated heterocycles. The van der Waals surface area contributed by atoms with Crippen LogP contribution in [0.1, 0.15) is 206 Å². The third kappa shape index (κ3) is 28.4. The lowest BCUT2D eigenvalue weighted by Crippen LogP contribution is -2.28. The molecule has 0 amide bonds. The van der Waals surface area contributed by atoms with Gasteiger partial charge >= 0.3 is 11.9 Å². The number of nitrogens with zero attached hydrogens (tertiary/aromatic N) is 3. The Bertz CT molecular complexity index is 892. The lowest BCUT2D eigenvalue weighted by Gasteiger charge is -2.21. The third-order valence-corrected chi connectivity index (χ3v) is 9.49. The van der Waals surface area contributed by atoms with Crippen LogP contribution < -0.4 is 0 Å². The molecule has 0 N–H and O–H groups in total. The zero-order valence-electron chi connectivity index (χ0n) is 32.6. The number of rotatable bonds is 36. The Kier molecular flexibility index (Phi) is 30.5. The summed E-state index contributed by atoms with van der Waals surface area (Å²) in [6.45, 7) is 12.2. The summed E-state index contributed by atoms with van der Waals surface area (Å²) in [5.41, 5.74) is 0. The van der Waals surface area contributed by atoms with Crippen molar-refractivity contribution >= 4 is 11.9 Å². The van der Waals surface area contributed by atoms with Crippen molar-refractivity contribution in [2.75, 3.05) is 26.2 Å². The van der Waals surface area contributed by atoms with Crippen molar-refractivity contribution in [2.45, 2.75) is 214 Å². The zero-order valence-corrected chi connectivity index (χ0v) is 32.6. The van der Waals surface area contributed by atoms with E-state index in [9.17, 15) is 9.59 Å². The van der Waals surface area contributed by atoms with Gasteiger partial charge in [-0.1, -0.05) is 124 Å². The first-order valence-corrected chi connectivity index (χ1v) is 20.8. The minimum atomic E-state index is -0.0319. The summed E-state index contributed by atoms with van der Waals surface area (Å²) in [7, 11) is 0. The van der Waals surface area contributed by atoms with Gasteiger partial charge in [-0.2, -0.15) is 0 Å². The van der Waals surface area contributed by atoms with Gasteiger partial charge in [0.05, 0.1) is 6.61 Å². The number of carbonyl (C=O) groups excluding carboxylic acids is 2. The highest BCUT2D eigenvalue weighted by Crippen LogP contribution is 2.17. The summed E-state index contributed by atoms with van der Waals surface area (Å²) in [6.07, 6.45) is 30.8. The van der Waals surface area contributed by atoms with E-state index < -0.39 is 0 Å². The Hall–Kier alpha value is -1.96. The maximum Gasteiger partial charge on any atom is 0.306 e. The molecule has 0 fully saturated rings. The van der Waals surface area contributed by atoms with E-state index in [1.807, 2.05) is 6.92 Å². The Morgan fingerprint density at radius 3 is 1.67 bits per heavy atom. The van der Waals surface area contributed by atoms with Gasteiger partial charge in [-0.25, -0.2) is 0 Å². The van der Waals surface area contributed by atoms with E-state index >= 15 is 0 Å². The van der Waals surface area contributed by atoms with E-state index in [1.54, 1.807) is 0 Å². The van der Waals surface area contributed by atoms with Crippen molar-refractivity contribution in [1.29, 1.82) is 0 Å². The fourth-order valence-corrected chi connectivity index (χ4v) is 6.37. The Morgan fingerprint density at radius 1 is 0.592 bits per heavy atom. The second-order valence-electron chi connectivity index (χ2n) is 14.3. The molecule has 1 unspecified atom stereocenters. The average Bonchev–Trinajstić information content (AvgIpc) is 3.51. The molecule has 0 aliphatic carbocycles. The van der Waals surface area contributed by atoms with Gasteiger partial charge in [0.15, 0.2) is 0 Å². The quantitative estimate of drug-likeness (QED) is 0.0507. The SMILES string of the molecule is CCCCCCCCOC(=O)CCCCCCCN(CCCCCCCC(=O)OC(CCCCC)CCCCCC)CCc1nnc(C)o1. The molecule has 0 aliphatic heterocycles. The van der Waals surface area contributed by atoms with Gasteiger partial charge in [0, 0.05) is 32.7 Å². The van der Waals surface area contributed by atoms with Crippen molar-refractivity contribution in [3.05, 3.63) is 11.8 Å². The Morgan fingerprint density at radius 2 is 1.08 bits per heavy atom. The molecule has 0 saturated carbocycles. The summed E-state index contributed by atoms with van der Waals surface area (Å²) < 4.78 is 17.0. The highest BCUT2D eigenvalue weighted by atomic mass is 16.5. The van der Waals surface area contributed by atoms with Crippen LogP contribution in [0.15, 0.2) is 4.42 Å². The van der Waals surface area contributed by atoms with Crippen LogP contribution >= 0.6 is 0 Å². The highest BCUT2D eigenvalue weighted by molar-refractivity contribution is 5.69. The van der Waals surface area contributed by atoms with Crippen molar-refractivity contribution in [2.24, 2.45) is 0 Å². The van der Waals surface area contributed by atoms with E-state index in [-0.39, 0.29) is 18.0 Å². The van der Waals surface area contributed by atoms with Gasteiger partial charge in [-0.05, 0) is 70.9 Å². The fraction of sp³-hybridized carbons (Fsp3) is 0.902. The monoisotopic (exact) mass is 692 g/mol. The standard InChI is InChI=1S/C41H77N3O5/c1-5-8-11-13-20-27-36-47-40(45)30-23-16-14-18-25-33-44(35-32-39-43-42-37(4)48-39)34-26-19-15-17-24-31-41(46)49-38(28-21-10-7-3)29-22-12-9-6-2/h38H,5-36H2,1-4H3. The number of esters is 2. The number of ether oxygens (including phenoxy) is 2. The topological polar surface area (TPSA) is 94.8 Å². The van der Waals surface area contributed by atoms with Gasteiger partial charge in [-0.15, -0.1) is 10.2 Å².